The van der Waals surface area contributed by atoms with Gasteiger partial charge < -0.3 is 5.73 Å². The molecule has 1 heterocycles. The maximum atomic E-state index is 5.88. The van der Waals surface area contributed by atoms with Gasteiger partial charge in [-0.2, -0.15) is 0 Å². The molecule has 0 aliphatic heterocycles. The van der Waals surface area contributed by atoms with Crippen LogP contribution in [-0.2, 0) is 12.1 Å². The van der Waals surface area contributed by atoms with Crippen LogP contribution in [0.3, 0.4) is 0 Å². The second-order valence-electron chi connectivity index (χ2n) is 7.83. The number of aromatic nitrogens is 3. The largest absolute Gasteiger partial charge is 0.325 e. The summed E-state index contributed by atoms with van der Waals surface area (Å²) in [7, 11) is 0. The van der Waals surface area contributed by atoms with Crippen molar-refractivity contribution in [2.75, 3.05) is 0 Å². The standard InChI is InChI=1S/C16H26N4/c1-10(2)15-14(9-17)18-19-20(15)16-6-11-3-12(7-16)5-13(4-11)8-16/h10-13H,3-9,17H2,1-2H3. The molecular weight excluding hydrogens is 248 g/mol. The van der Waals surface area contributed by atoms with Crippen LogP contribution >= 0.6 is 0 Å². The zero-order valence-electron chi connectivity index (χ0n) is 12.7. The van der Waals surface area contributed by atoms with Crippen molar-refractivity contribution in [3.63, 3.8) is 0 Å². The van der Waals surface area contributed by atoms with Crippen molar-refractivity contribution in [2.24, 2.45) is 23.5 Å². The second kappa shape index (κ2) is 4.30. The van der Waals surface area contributed by atoms with Gasteiger partial charge in [0.15, 0.2) is 0 Å². The number of hydrogen-bond donors (Lipinski definition) is 1. The van der Waals surface area contributed by atoms with Crippen LogP contribution in [0.1, 0.15) is 69.7 Å². The molecule has 20 heavy (non-hydrogen) atoms. The summed E-state index contributed by atoms with van der Waals surface area (Å²) in [4.78, 5) is 0. The molecule has 4 fully saturated rings. The first kappa shape index (κ1) is 12.8. The summed E-state index contributed by atoms with van der Waals surface area (Å²) < 4.78 is 2.32. The Morgan fingerprint density at radius 1 is 1.15 bits per heavy atom. The lowest BCUT2D eigenvalue weighted by Gasteiger charge is -2.56. The third kappa shape index (κ3) is 1.70. The first-order valence-electron chi connectivity index (χ1n) is 8.26. The van der Waals surface area contributed by atoms with Crippen LogP contribution < -0.4 is 5.73 Å². The molecule has 0 amide bonds. The van der Waals surface area contributed by atoms with Crippen molar-refractivity contribution in [1.82, 2.24) is 15.0 Å². The van der Waals surface area contributed by atoms with E-state index in [0.29, 0.717) is 12.5 Å². The lowest BCUT2D eigenvalue weighted by atomic mass is 9.53. The average Bonchev–Trinajstić information content (AvgIpc) is 2.81. The predicted molar refractivity (Wildman–Crippen MR) is 78.1 cm³/mol. The predicted octanol–water partition coefficient (Wildman–Crippen LogP) is 2.79. The highest BCUT2D eigenvalue weighted by atomic mass is 15.5. The highest BCUT2D eigenvalue weighted by Gasteiger charge is 2.53. The zero-order chi connectivity index (χ0) is 13.9. The highest BCUT2D eigenvalue weighted by Crippen LogP contribution is 2.59. The topological polar surface area (TPSA) is 56.7 Å². The van der Waals surface area contributed by atoms with Gasteiger partial charge in [-0.25, -0.2) is 4.68 Å². The van der Waals surface area contributed by atoms with Crippen LogP contribution in [0.2, 0.25) is 0 Å². The van der Waals surface area contributed by atoms with Crippen molar-refractivity contribution in [3.8, 4) is 0 Å². The Morgan fingerprint density at radius 3 is 2.15 bits per heavy atom. The number of hydrogen-bond acceptors (Lipinski definition) is 3. The van der Waals surface area contributed by atoms with Gasteiger partial charge in [0.1, 0.15) is 0 Å². The van der Waals surface area contributed by atoms with Crippen LogP contribution in [0.15, 0.2) is 0 Å². The lowest BCUT2D eigenvalue weighted by Crippen LogP contribution is -2.52. The Balaban J connectivity index is 1.79. The van der Waals surface area contributed by atoms with Crippen LogP contribution in [-0.4, -0.2) is 15.0 Å². The summed E-state index contributed by atoms with van der Waals surface area (Å²) in [6.45, 7) is 5.00. The van der Waals surface area contributed by atoms with E-state index in [-0.39, 0.29) is 5.54 Å². The van der Waals surface area contributed by atoms with E-state index in [1.165, 1.54) is 44.2 Å². The Kier molecular flexibility index (Phi) is 2.75. The van der Waals surface area contributed by atoms with Gasteiger partial charge in [0, 0.05) is 6.54 Å². The molecule has 0 radical (unpaired) electrons. The van der Waals surface area contributed by atoms with Gasteiger partial charge >= 0.3 is 0 Å². The summed E-state index contributed by atoms with van der Waals surface area (Å²) in [5, 5.41) is 8.99. The third-order valence-corrected chi connectivity index (χ3v) is 5.97. The van der Waals surface area contributed by atoms with Crippen LogP contribution in [0.5, 0.6) is 0 Å². The van der Waals surface area contributed by atoms with Crippen molar-refractivity contribution in [2.45, 2.75) is 70.4 Å². The van der Waals surface area contributed by atoms with Gasteiger partial charge in [0.05, 0.1) is 16.9 Å². The summed E-state index contributed by atoms with van der Waals surface area (Å²) in [6, 6.07) is 0. The quantitative estimate of drug-likeness (QED) is 0.922. The molecule has 5 rings (SSSR count). The molecule has 0 atom stereocenters. The second-order valence-corrected chi connectivity index (χ2v) is 7.83. The number of rotatable bonds is 3. The summed E-state index contributed by atoms with van der Waals surface area (Å²) in [5.41, 5.74) is 8.46. The molecule has 4 aliphatic rings. The summed E-state index contributed by atoms with van der Waals surface area (Å²) >= 11 is 0. The van der Waals surface area contributed by atoms with Gasteiger partial charge in [-0.15, -0.1) is 5.10 Å². The Hall–Kier alpha value is -0.900. The smallest absolute Gasteiger partial charge is 0.0997 e. The van der Waals surface area contributed by atoms with Gasteiger partial charge in [0.25, 0.3) is 0 Å². The maximum absolute atomic E-state index is 5.88. The molecule has 2 N–H and O–H groups in total. The van der Waals surface area contributed by atoms with Crippen molar-refractivity contribution < 1.29 is 0 Å². The fourth-order valence-electron chi connectivity index (χ4n) is 5.72. The first-order chi connectivity index (χ1) is 9.61. The zero-order valence-corrected chi connectivity index (χ0v) is 12.7. The minimum atomic E-state index is 0.273. The molecular formula is C16H26N4. The van der Waals surface area contributed by atoms with Crippen molar-refractivity contribution in [3.05, 3.63) is 11.4 Å². The SMILES string of the molecule is CC(C)c1c(CN)nnn1C12CC3CC(CC(C3)C1)C2. The van der Waals surface area contributed by atoms with Crippen LogP contribution in [0.4, 0.5) is 0 Å². The van der Waals surface area contributed by atoms with Crippen molar-refractivity contribution >= 4 is 0 Å². The molecule has 4 nitrogen and oxygen atoms in total. The lowest BCUT2D eigenvalue weighted by molar-refractivity contribution is -0.0519. The molecule has 4 bridgehead atoms. The number of nitrogens with zero attached hydrogens (tertiary/aromatic N) is 3. The van der Waals surface area contributed by atoms with Gasteiger partial charge in [-0.05, 0) is 62.2 Å². The monoisotopic (exact) mass is 274 g/mol. The van der Waals surface area contributed by atoms with E-state index in [0.717, 1.165) is 23.4 Å². The molecule has 0 unspecified atom stereocenters. The summed E-state index contributed by atoms with van der Waals surface area (Å²) in [5.74, 6) is 3.27. The van der Waals surface area contributed by atoms with Crippen LogP contribution in [0, 0.1) is 17.8 Å². The Bertz CT molecular complexity index is 481. The fraction of sp³-hybridized carbons (Fsp3) is 0.875. The summed E-state index contributed by atoms with van der Waals surface area (Å²) in [6.07, 6.45) is 8.38. The normalized spacial score (nSPS) is 38.9. The van der Waals surface area contributed by atoms with Gasteiger partial charge in [0.2, 0.25) is 0 Å². The Labute approximate surface area is 121 Å². The molecule has 0 aromatic carbocycles. The molecule has 0 saturated heterocycles. The van der Waals surface area contributed by atoms with E-state index < -0.39 is 0 Å². The maximum Gasteiger partial charge on any atom is 0.0997 e. The molecule has 110 valence electrons. The molecule has 1 aromatic heterocycles. The van der Waals surface area contributed by atoms with E-state index >= 15 is 0 Å². The molecule has 1 aromatic rings. The van der Waals surface area contributed by atoms with Crippen LogP contribution in [0.25, 0.3) is 0 Å². The van der Waals surface area contributed by atoms with E-state index in [9.17, 15) is 0 Å². The van der Waals surface area contributed by atoms with E-state index in [1.54, 1.807) is 0 Å². The minimum Gasteiger partial charge on any atom is -0.325 e. The average molecular weight is 274 g/mol. The highest BCUT2D eigenvalue weighted by molar-refractivity contribution is 5.18. The van der Waals surface area contributed by atoms with E-state index in [4.69, 9.17) is 5.73 Å². The Morgan fingerprint density at radius 2 is 1.70 bits per heavy atom. The molecule has 4 heteroatoms. The molecule has 0 spiro atoms. The van der Waals surface area contributed by atoms with E-state index in [1.807, 2.05) is 0 Å². The third-order valence-electron chi connectivity index (χ3n) is 5.97. The van der Waals surface area contributed by atoms with Gasteiger partial charge in [-0.1, -0.05) is 19.1 Å². The molecule has 4 saturated carbocycles. The van der Waals surface area contributed by atoms with Gasteiger partial charge in [-0.3, -0.25) is 0 Å². The number of nitrogens with two attached hydrogens (primary N) is 1. The van der Waals surface area contributed by atoms with Crippen molar-refractivity contribution in [1.29, 1.82) is 0 Å². The first-order valence-corrected chi connectivity index (χ1v) is 8.26. The van der Waals surface area contributed by atoms with E-state index in [2.05, 4.69) is 28.8 Å². The minimum absolute atomic E-state index is 0.273. The molecule has 4 aliphatic carbocycles. The fourth-order valence-corrected chi connectivity index (χ4v) is 5.72.